The van der Waals surface area contributed by atoms with E-state index in [1.807, 2.05) is 10.9 Å². The molecule has 1 aromatic heterocycles. The smallest absolute Gasteiger partial charge is 0.0522 e. The number of likely N-dealkylation sites (N-methyl/N-ethyl adjacent to an activating group) is 1. The molecule has 3 heteroatoms. The van der Waals surface area contributed by atoms with Crippen molar-refractivity contribution in [3.05, 3.63) is 18.0 Å². The first kappa shape index (κ1) is 16.5. The first-order chi connectivity index (χ1) is 10.1. The average Bonchev–Trinajstić information content (AvgIpc) is 2.94. The summed E-state index contributed by atoms with van der Waals surface area (Å²) in [7, 11) is 0. The van der Waals surface area contributed by atoms with E-state index >= 15 is 0 Å². The number of nitrogens with one attached hydrogen (secondary N) is 1. The van der Waals surface area contributed by atoms with Crippen molar-refractivity contribution in [1.82, 2.24) is 15.1 Å². The van der Waals surface area contributed by atoms with E-state index in [4.69, 9.17) is 0 Å². The van der Waals surface area contributed by atoms with E-state index in [0.29, 0.717) is 6.04 Å². The summed E-state index contributed by atoms with van der Waals surface area (Å²) in [5.41, 5.74) is 1.38. The molecule has 1 atom stereocenters. The van der Waals surface area contributed by atoms with Gasteiger partial charge in [0.05, 0.1) is 6.20 Å². The van der Waals surface area contributed by atoms with Gasteiger partial charge < -0.3 is 5.32 Å². The molecule has 1 unspecified atom stereocenters. The zero-order chi connectivity index (χ0) is 15.2. The highest BCUT2D eigenvalue weighted by Crippen LogP contribution is 2.35. The Morgan fingerprint density at radius 2 is 1.86 bits per heavy atom. The molecule has 0 radical (unpaired) electrons. The van der Waals surface area contributed by atoms with E-state index in [1.54, 1.807) is 0 Å². The normalized spacial score (nSPS) is 24.4. The number of nitrogens with zero attached hydrogens (tertiary/aromatic N) is 2. The maximum Gasteiger partial charge on any atom is 0.0522 e. The second-order valence-corrected chi connectivity index (χ2v) is 6.99. The molecular weight excluding hydrogens is 258 g/mol. The second-order valence-electron chi connectivity index (χ2n) is 6.99. The van der Waals surface area contributed by atoms with Gasteiger partial charge in [0.2, 0.25) is 0 Å². The lowest BCUT2D eigenvalue weighted by Gasteiger charge is -2.35. The molecule has 1 fully saturated rings. The molecule has 0 saturated heterocycles. The zero-order valence-corrected chi connectivity index (χ0v) is 14.3. The van der Waals surface area contributed by atoms with Crippen LogP contribution in [0.25, 0.3) is 0 Å². The summed E-state index contributed by atoms with van der Waals surface area (Å²) in [4.78, 5) is 0. The highest BCUT2D eigenvalue weighted by molar-refractivity contribution is 5.07. The minimum absolute atomic E-state index is 0.623. The third kappa shape index (κ3) is 4.57. The van der Waals surface area contributed by atoms with Crippen LogP contribution in [-0.2, 0) is 13.0 Å². The van der Waals surface area contributed by atoms with E-state index in [0.717, 1.165) is 37.3 Å². The molecule has 0 amide bonds. The zero-order valence-electron chi connectivity index (χ0n) is 14.3. The number of rotatable bonds is 7. The van der Waals surface area contributed by atoms with Gasteiger partial charge in [0, 0.05) is 18.8 Å². The summed E-state index contributed by atoms with van der Waals surface area (Å²) >= 11 is 0. The predicted octanol–water partition coefficient (Wildman–Crippen LogP) is 3.89. The van der Waals surface area contributed by atoms with E-state index in [9.17, 15) is 0 Å². The summed E-state index contributed by atoms with van der Waals surface area (Å²) in [6, 6.07) is 0.623. The van der Waals surface area contributed by atoms with Crippen LogP contribution >= 0.6 is 0 Å². The maximum atomic E-state index is 4.42. The van der Waals surface area contributed by atoms with Crippen molar-refractivity contribution in [2.45, 2.75) is 72.4 Å². The Labute approximate surface area is 130 Å². The average molecular weight is 291 g/mol. The van der Waals surface area contributed by atoms with Gasteiger partial charge >= 0.3 is 0 Å². The number of aryl methyl sites for hydroxylation is 1. The van der Waals surface area contributed by atoms with Gasteiger partial charge in [0.25, 0.3) is 0 Å². The number of hydrogen-bond acceptors (Lipinski definition) is 2. The van der Waals surface area contributed by atoms with Crippen molar-refractivity contribution in [2.75, 3.05) is 6.54 Å². The molecule has 1 saturated carbocycles. The molecule has 3 nitrogen and oxygen atoms in total. The van der Waals surface area contributed by atoms with Crippen LogP contribution in [0.2, 0.25) is 0 Å². The molecule has 2 rings (SSSR count). The summed E-state index contributed by atoms with van der Waals surface area (Å²) < 4.78 is 2.04. The van der Waals surface area contributed by atoms with Gasteiger partial charge in [0.15, 0.2) is 0 Å². The largest absolute Gasteiger partial charge is 0.314 e. The molecule has 1 aromatic rings. The Bertz CT molecular complexity index is 402. The fourth-order valence-electron chi connectivity index (χ4n) is 3.82. The molecule has 21 heavy (non-hydrogen) atoms. The monoisotopic (exact) mass is 291 g/mol. The van der Waals surface area contributed by atoms with Crippen LogP contribution in [0.1, 0.15) is 58.9 Å². The lowest BCUT2D eigenvalue weighted by Crippen LogP contribution is -2.40. The lowest BCUT2D eigenvalue weighted by molar-refractivity contribution is 0.188. The Balaban J connectivity index is 1.92. The van der Waals surface area contributed by atoms with Crippen molar-refractivity contribution in [1.29, 1.82) is 0 Å². The Morgan fingerprint density at radius 1 is 1.19 bits per heavy atom. The van der Waals surface area contributed by atoms with Gasteiger partial charge in [-0.25, -0.2) is 0 Å². The number of hydrogen-bond donors (Lipinski definition) is 1. The van der Waals surface area contributed by atoms with Crippen molar-refractivity contribution in [3.8, 4) is 0 Å². The topological polar surface area (TPSA) is 29.9 Å². The highest BCUT2D eigenvalue weighted by atomic mass is 15.3. The molecular formula is C18H33N3. The highest BCUT2D eigenvalue weighted by Gasteiger charge is 2.28. The van der Waals surface area contributed by atoms with Crippen molar-refractivity contribution in [3.63, 3.8) is 0 Å². The van der Waals surface area contributed by atoms with Crippen LogP contribution in [0.3, 0.4) is 0 Å². The third-order valence-electron chi connectivity index (χ3n) is 5.26. The van der Waals surface area contributed by atoms with Gasteiger partial charge in [-0.15, -0.1) is 0 Å². The minimum atomic E-state index is 0.623. The Kier molecular flexibility index (Phi) is 6.28. The summed E-state index contributed by atoms with van der Waals surface area (Å²) in [6.45, 7) is 11.2. The second kappa shape index (κ2) is 7.98. The van der Waals surface area contributed by atoms with Gasteiger partial charge in [-0.05, 0) is 68.9 Å². The van der Waals surface area contributed by atoms with Crippen LogP contribution in [-0.4, -0.2) is 22.4 Å². The van der Waals surface area contributed by atoms with E-state index in [1.165, 1.54) is 31.2 Å². The molecule has 0 aromatic carbocycles. The first-order valence-corrected chi connectivity index (χ1v) is 8.88. The van der Waals surface area contributed by atoms with Gasteiger partial charge in [0.1, 0.15) is 0 Å². The molecule has 1 aliphatic carbocycles. The van der Waals surface area contributed by atoms with Crippen LogP contribution in [0.15, 0.2) is 12.4 Å². The summed E-state index contributed by atoms with van der Waals surface area (Å²) in [5.74, 6) is 2.64. The molecule has 0 aliphatic heterocycles. The van der Waals surface area contributed by atoms with Gasteiger partial charge in [-0.3, -0.25) is 4.68 Å². The summed E-state index contributed by atoms with van der Waals surface area (Å²) in [5, 5.41) is 8.15. The van der Waals surface area contributed by atoms with Crippen molar-refractivity contribution in [2.24, 2.45) is 17.8 Å². The lowest BCUT2D eigenvalue weighted by atomic mass is 9.73. The fourth-order valence-corrected chi connectivity index (χ4v) is 3.82. The van der Waals surface area contributed by atoms with E-state index in [-0.39, 0.29) is 0 Å². The molecule has 1 heterocycles. The quantitative estimate of drug-likeness (QED) is 0.826. The first-order valence-electron chi connectivity index (χ1n) is 8.88. The van der Waals surface area contributed by atoms with E-state index in [2.05, 4.69) is 44.3 Å². The Morgan fingerprint density at radius 3 is 2.38 bits per heavy atom. The van der Waals surface area contributed by atoms with Crippen LogP contribution in [0.4, 0.5) is 0 Å². The third-order valence-corrected chi connectivity index (χ3v) is 5.26. The van der Waals surface area contributed by atoms with Crippen LogP contribution in [0.5, 0.6) is 0 Å². The molecule has 0 spiro atoms. The van der Waals surface area contributed by atoms with Gasteiger partial charge in [-0.2, -0.15) is 5.10 Å². The summed E-state index contributed by atoms with van der Waals surface area (Å²) in [6.07, 6.45) is 11.0. The minimum Gasteiger partial charge on any atom is -0.314 e. The van der Waals surface area contributed by atoms with Crippen LogP contribution < -0.4 is 5.32 Å². The van der Waals surface area contributed by atoms with Crippen molar-refractivity contribution >= 4 is 0 Å². The Hall–Kier alpha value is -0.830. The van der Waals surface area contributed by atoms with Gasteiger partial charge in [-0.1, -0.05) is 20.8 Å². The maximum absolute atomic E-state index is 4.42. The van der Waals surface area contributed by atoms with Crippen LogP contribution in [0, 0.1) is 17.8 Å². The number of aromatic nitrogens is 2. The molecule has 1 N–H and O–H groups in total. The standard InChI is InChI=1S/C18H33N3/c1-5-19-18(11-15-12-20-21(6-2)13-15)17-9-7-16(8-10-17)14(3)4/h12-14,16-19H,5-11H2,1-4H3. The predicted molar refractivity (Wildman–Crippen MR) is 89.4 cm³/mol. The van der Waals surface area contributed by atoms with Crippen molar-refractivity contribution < 1.29 is 0 Å². The SMILES string of the molecule is CCNC(Cc1cnn(CC)c1)C1CCC(C(C)C)CC1. The fraction of sp³-hybridized carbons (Fsp3) is 0.833. The molecule has 1 aliphatic rings. The van der Waals surface area contributed by atoms with E-state index < -0.39 is 0 Å². The molecule has 0 bridgehead atoms. The molecule has 120 valence electrons.